The Kier molecular flexibility index (Phi) is 6.46. The van der Waals surface area contributed by atoms with Crippen LogP contribution < -0.4 is 10.3 Å². The zero-order chi connectivity index (χ0) is 21.3. The van der Waals surface area contributed by atoms with Crippen molar-refractivity contribution in [2.75, 3.05) is 7.11 Å². The lowest BCUT2D eigenvalue weighted by molar-refractivity contribution is 0.415. The molecule has 1 aliphatic carbocycles. The Morgan fingerprint density at radius 3 is 2.53 bits per heavy atom. The van der Waals surface area contributed by atoms with Crippen LogP contribution in [0.3, 0.4) is 0 Å². The molecule has 2 aromatic carbocycles. The first-order valence-corrected chi connectivity index (χ1v) is 11.3. The summed E-state index contributed by atoms with van der Waals surface area (Å²) in [5.41, 5.74) is 1.16. The van der Waals surface area contributed by atoms with Gasteiger partial charge >= 0.3 is 0 Å². The van der Waals surface area contributed by atoms with Gasteiger partial charge in [0.15, 0.2) is 5.75 Å². The van der Waals surface area contributed by atoms with Crippen molar-refractivity contribution >= 4 is 56.2 Å². The van der Waals surface area contributed by atoms with Crippen molar-refractivity contribution in [1.82, 2.24) is 9.66 Å². The summed E-state index contributed by atoms with van der Waals surface area (Å²) in [5, 5.41) is 5.79. The van der Waals surface area contributed by atoms with Crippen molar-refractivity contribution < 1.29 is 4.74 Å². The summed E-state index contributed by atoms with van der Waals surface area (Å²) in [6, 6.07) is 8.94. The van der Waals surface area contributed by atoms with Gasteiger partial charge in [-0.05, 0) is 48.7 Å². The van der Waals surface area contributed by atoms with Crippen molar-refractivity contribution in [2.45, 2.75) is 38.0 Å². The van der Waals surface area contributed by atoms with Crippen LogP contribution in [0.25, 0.3) is 10.9 Å². The van der Waals surface area contributed by atoms with Gasteiger partial charge in [0.1, 0.15) is 5.82 Å². The van der Waals surface area contributed by atoms with Gasteiger partial charge in [0.25, 0.3) is 5.56 Å². The number of aromatic nitrogens is 2. The summed E-state index contributed by atoms with van der Waals surface area (Å²) in [6.07, 6.45) is 7.07. The molecule has 30 heavy (non-hydrogen) atoms. The summed E-state index contributed by atoms with van der Waals surface area (Å²) in [4.78, 5) is 18.1. The Morgan fingerprint density at radius 1 is 1.17 bits per heavy atom. The van der Waals surface area contributed by atoms with E-state index in [1.807, 2.05) is 12.1 Å². The van der Waals surface area contributed by atoms with Gasteiger partial charge in [0.2, 0.25) is 0 Å². The molecular formula is C22H20BrCl2N3O2. The van der Waals surface area contributed by atoms with E-state index in [4.69, 9.17) is 32.9 Å². The average Bonchev–Trinajstić information content (AvgIpc) is 2.74. The number of hydrogen-bond acceptors (Lipinski definition) is 4. The molecule has 1 aliphatic rings. The molecule has 4 rings (SSSR count). The zero-order valence-electron chi connectivity index (χ0n) is 16.4. The van der Waals surface area contributed by atoms with Gasteiger partial charge in [-0.3, -0.25) is 4.79 Å². The quantitative estimate of drug-likeness (QED) is 0.383. The molecule has 1 saturated carbocycles. The van der Waals surface area contributed by atoms with Crippen molar-refractivity contribution in [3.63, 3.8) is 0 Å². The fraction of sp³-hybridized carbons (Fsp3) is 0.318. The molecule has 1 aromatic heterocycles. The van der Waals surface area contributed by atoms with E-state index in [0.717, 1.165) is 30.2 Å². The van der Waals surface area contributed by atoms with E-state index in [2.05, 4.69) is 21.0 Å². The number of ether oxygens (including phenoxy) is 1. The molecule has 3 aromatic rings. The van der Waals surface area contributed by atoms with Crippen LogP contribution in [0.2, 0.25) is 10.0 Å². The van der Waals surface area contributed by atoms with E-state index in [1.54, 1.807) is 24.4 Å². The maximum atomic E-state index is 13.3. The third-order valence-corrected chi connectivity index (χ3v) is 6.41. The summed E-state index contributed by atoms with van der Waals surface area (Å²) >= 11 is 15.9. The van der Waals surface area contributed by atoms with Gasteiger partial charge in [0.05, 0.1) is 34.3 Å². The largest absolute Gasteiger partial charge is 0.494 e. The van der Waals surface area contributed by atoms with Crippen LogP contribution in [-0.2, 0) is 0 Å². The Morgan fingerprint density at radius 2 is 1.87 bits per heavy atom. The number of hydrogen-bond donors (Lipinski definition) is 0. The van der Waals surface area contributed by atoms with Crippen LogP contribution >= 0.6 is 39.1 Å². The molecule has 0 N–H and O–H groups in total. The third-order valence-electron chi connectivity index (χ3n) is 5.35. The highest BCUT2D eigenvalue weighted by atomic mass is 79.9. The molecule has 0 unspecified atom stereocenters. The Hall–Kier alpha value is -1.89. The summed E-state index contributed by atoms with van der Waals surface area (Å²) in [5.74, 6) is 1.32. The summed E-state index contributed by atoms with van der Waals surface area (Å²) in [6.45, 7) is 0. The van der Waals surface area contributed by atoms with Gasteiger partial charge in [-0.2, -0.15) is 9.78 Å². The number of fused-ring (bicyclic) bond motifs is 1. The standard InChI is InChI=1S/C22H20BrCl2N3O2/c1-30-20-17(24)9-13(10-18(20)25)12-26-28-21(14-5-3-2-4-6-14)27-19-8-7-15(23)11-16(19)22(28)29/h7-12,14H,2-6H2,1H3. The molecule has 0 aliphatic heterocycles. The fourth-order valence-electron chi connectivity index (χ4n) is 3.88. The Labute approximate surface area is 192 Å². The molecule has 1 fully saturated rings. The molecular weight excluding hydrogens is 489 g/mol. The number of benzene rings is 2. The predicted molar refractivity (Wildman–Crippen MR) is 126 cm³/mol. The van der Waals surface area contributed by atoms with Gasteiger partial charge in [0, 0.05) is 10.4 Å². The van der Waals surface area contributed by atoms with E-state index in [-0.39, 0.29) is 11.5 Å². The highest BCUT2D eigenvalue weighted by Crippen LogP contribution is 2.34. The topological polar surface area (TPSA) is 56.5 Å². The average molecular weight is 509 g/mol. The van der Waals surface area contributed by atoms with E-state index < -0.39 is 0 Å². The molecule has 0 amide bonds. The first-order chi connectivity index (χ1) is 14.5. The van der Waals surface area contributed by atoms with Crippen LogP contribution in [0.1, 0.15) is 49.4 Å². The minimum atomic E-state index is -0.191. The highest BCUT2D eigenvalue weighted by Gasteiger charge is 2.22. The van der Waals surface area contributed by atoms with Crippen LogP contribution in [0.5, 0.6) is 5.75 Å². The second kappa shape index (κ2) is 9.08. The van der Waals surface area contributed by atoms with E-state index in [1.165, 1.54) is 18.2 Å². The van der Waals surface area contributed by atoms with Crippen LogP contribution in [0.15, 0.2) is 44.7 Å². The molecule has 0 atom stereocenters. The lowest BCUT2D eigenvalue weighted by Gasteiger charge is -2.22. The van der Waals surface area contributed by atoms with Crippen LogP contribution in [-0.4, -0.2) is 23.0 Å². The predicted octanol–water partition coefficient (Wildman–Crippen LogP) is 6.40. The van der Waals surface area contributed by atoms with E-state index in [0.29, 0.717) is 38.1 Å². The SMILES string of the molecule is COc1c(Cl)cc(C=Nn2c(C3CCCCC3)nc3ccc(Br)cc3c2=O)cc1Cl. The molecule has 0 radical (unpaired) electrons. The van der Waals surface area contributed by atoms with Crippen molar-refractivity contribution in [1.29, 1.82) is 0 Å². The normalized spacial score (nSPS) is 15.2. The van der Waals surface area contributed by atoms with Crippen LogP contribution in [0.4, 0.5) is 0 Å². The monoisotopic (exact) mass is 507 g/mol. The minimum Gasteiger partial charge on any atom is -0.494 e. The molecule has 0 saturated heterocycles. The van der Waals surface area contributed by atoms with E-state index >= 15 is 0 Å². The van der Waals surface area contributed by atoms with Crippen molar-refractivity contribution in [3.8, 4) is 5.75 Å². The maximum Gasteiger partial charge on any atom is 0.282 e. The Bertz CT molecular complexity index is 1160. The van der Waals surface area contributed by atoms with Gasteiger partial charge in [-0.1, -0.05) is 58.4 Å². The summed E-state index contributed by atoms with van der Waals surface area (Å²) < 4.78 is 7.44. The second-order valence-electron chi connectivity index (χ2n) is 7.35. The molecule has 1 heterocycles. The molecule has 156 valence electrons. The number of rotatable bonds is 4. The fourth-order valence-corrected chi connectivity index (χ4v) is 4.90. The number of halogens is 3. The summed E-state index contributed by atoms with van der Waals surface area (Å²) in [7, 11) is 1.51. The lowest BCUT2D eigenvalue weighted by atomic mass is 9.88. The molecule has 5 nitrogen and oxygen atoms in total. The lowest BCUT2D eigenvalue weighted by Crippen LogP contribution is -2.25. The number of nitrogens with zero attached hydrogens (tertiary/aromatic N) is 3. The maximum absolute atomic E-state index is 13.3. The second-order valence-corrected chi connectivity index (χ2v) is 9.08. The van der Waals surface area contributed by atoms with Gasteiger partial charge in [-0.15, -0.1) is 0 Å². The van der Waals surface area contributed by atoms with Crippen molar-refractivity contribution in [3.05, 3.63) is 66.6 Å². The Balaban J connectivity index is 1.84. The molecule has 0 spiro atoms. The molecule has 0 bridgehead atoms. The zero-order valence-corrected chi connectivity index (χ0v) is 19.5. The first-order valence-electron chi connectivity index (χ1n) is 9.77. The molecule has 8 heteroatoms. The third kappa shape index (κ3) is 4.27. The van der Waals surface area contributed by atoms with Crippen molar-refractivity contribution in [2.24, 2.45) is 5.10 Å². The first kappa shape index (κ1) is 21.3. The number of methoxy groups -OCH3 is 1. The smallest absolute Gasteiger partial charge is 0.282 e. The van der Waals surface area contributed by atoms with Crippen LogP contribution in [0, 0.1) is 0 Å². The van der Waals surface area contributed by atoms with Gasteiger partial charge < -0.3 is 4.74 Å². The van der Waals surface area contributed by atoms with E-state index in [9.17, 15) is 4.79 Å². The van der Waals surface area contributed by atoms with Gasteiger partial charge in [-0.25, -0.2) is 4.98 Å². The highest BCUT2D eigenvalue weighted by molar-refractivity contribution is 9.10. The minimum absolute atomic E-state index is 0.191.